The normalized spacial score (nSPS) is 17.9. The van der Waals surface area contributed by atoms with Gasteiger partial charge in [0.25, 0.3) is 0 Å². The van der Waals surface area contributed by atoms with Crippen molar-refractivity contribution >= 4 is 0 Å². The van der Waals surface area contributed by atoms with Gasteiger partial charge in [0.1, 0.15) is 0 Å². The quantitative estimate of drug-likeness (QED) is 0.611. The molecule has 0 aliphatic rings. The molecule has 0 saturated heterocycles. The Morgan fingerprint density at radius 2 is 2.00 bits per heavy atom. The second-order valence-corrected chi connectivity index (χ2v) is 4.05. The summed E-state index contributed by atoms with van der Waals surface area (Å²) in [5.74, 6) is 0.664. The summed E-state index contributed by atoms with van der Waals surface area (Å²) in [5, 5.41) is 8.72. The van der Waals surface area contributed by atoms with Crippen LogP contribution >= 0.6 is 0 Å². The first-order valence-corrected chi connectivity index (χ1v) is 4.97. The standard InChI is InChI=1S/C11H21N/c1-5-7-11(4,8-9-12)10(3)6-2/h10H,5-8H2,1-4H3. The zero-order chi connectivity index (χ0) is 9.61. The van der Waals surface area contributed by atoms with E-state index in [0.29, 0.717) is 12.3 Å². The van der Waals surface area contributed by atoms with Crippen molar-refractivity contribution in [1.82, 2.24) is 0 Å². The Kier molecular flexibility index (Phi) is 4.97. The molecule has 0 rings (SSSR count). The third kappa shape index (κ3) is 2.85. The molecule has 2 atom stereocenters. The van der Waals surface area contributed by atoms with Crippen molar-refractivity contribution in [3.8, 4) is 6.07 Å². The predicted molar refractivity (Wildman–Crippen MR) is 52.7 cm³/mol. The maximum atomic E-state index is 8.72. The summed E-state index contributed by atoms with van der Waals surface area (Å²) in [5.41, 5.74) is 0.248. The SMILES string of the molecule is CCCC(C)(CC#N)C(C)CC. The lowest BCUT2D eigenvalue weighted by Gasteiger charge is -2.32. The van der Waals surface area contributed by atoms with Gasteiger partial charge in [0.2, 0.25) is 0 Å². The summed E-state index contributed by atoms with van der Waals surface area (Å²) in [7, 11) is 0. The van der Waals surface area contributed by atoms with Crippen molar-refractivity contribution in [3.05, 3.63) is 0 Å². The molecule has 0 aromatic heterocycles. The van der Waals surface area contributed by atoms with Gasteiger partial charge < -0.3 is 0 Å². The Morgan fingerprint density at radius 1 is 1.42 bits per heavy atom. The maximum Gasteiger partial charge on any atom is 0.0627 e. The van der Waals surface area contributed by atoms with Crippen LogP contribution in [0.25, 0.3) is 0 Å². The molecular weight excluding hydrogens is 146 g/mol. The highest BCUT2D eigenvalue weighted by atomic mass is 14.4. The molecule has 0 N–H and O–H groups in total. The molecule has 0 aromatic carbocycles. The van der Waals surface area contributed by atoms with Crippen LogP contribution in [0.15, 0.2) is 0 Å². The number of hydrogen-bond donors (Lipinski definition) is 0. The predicted octanol–water partition coefficient (Wildman–Crippen LogP) is 3.75. The van der Waals surface area contributed by atoms with Crippen molar-refractivity contribution in [3.63, 3.8) is 0 Å². The highest BCUT2D eigenvalue weighted by molar-refractivity contribution is 4.88. The van der Waals surface area contributed by atoms with Gasteiger partial charge in [-0.25, -0.2) is 0 Å². The van der Waals surface area contributed by atoms with Gasteiger partial charge in [-0.05, 0) is 17.8 Å². The van der Waals surface area contributed by atoms with E-state index in [4.69, 9.17) is 5.26 Å². The van der Waals surface area contributed by atoms with Gasteiger partial charge in [-0.3, -0.25) is 0 Å². The van der Waals surface area contributed by atoms with Crippen LogP contribution in [0.5, 0.6) is 0 Å². The van der Waals surface area contributed by atoms with Crippen LogP contribution in [-0.2, 0) is 0 Å². The van der Waals surface area contributed by atoms with E-state index in [1.54, 1.807) is 0 Å². The van der Waals surface area contributed by atoms with Crippen molar-refractivity contribution in [2.24, 2.45) is 11.3 Å². The van der Waals surface area contributed by atoms with Gasteiger partial charge in [-0.1, -0.05) is 40.5 Å². The smallest absolute Gasteiger partial charge is 0.0627 e. The van der Waals surface area contributed by atoms with E-state index in [1.807, 2.05) is 0 Å². The topological polar surface area (TPSA) is 23.8 Å². The van der Waals surface area contributed by atoms with Crippen LogP contribution < -0.4 is 0 Å². The van der Waals surface area contributed by atoms with Crippen molar-refractivity contribution in [2.75, 3.05) is 0 Å². The second-order valence-electron chi connectivity index (χ2n) is 4.05. The van der Waals surface area contributed by atoms with E-state index in [9.17, 15) is 0 Å². The Labute approximate surface area is 76.8 Å². The Morgan fingerprint density at radius 3 is 2.33 bits per heavy atom. The van der Waals surface area contributed by atoms with Gasteiger partial charge in [0.05, 0.1) is 6.07 Å². The Bertz CT molecular complexity index is 157. The average Bonchev–Trinajstić information content (AvgIpc) is 2.04. The molecule has 0 saturated carbocycles. The van der Waals surface area contributed by atoms with Crippen LogP contribution in [0.2, 0.25) is 0 Å². The van der Waals surface area contributed by atoms with E-state index in [-0.39, 0.29) is 5.41 Å². The zero-order valence-electron chi connectivity index (χ0n) is 8.85. The first kappa shape index (κ1) is 11.5. The van der Waals surface area contributed by atoms with Gasteiger partial charge in [0, 0.05) is 6.42 Å². The lowest BCUT2D eigenvalue weighted by Crippen LogP contribution is -2.24. The summed E-state index contributed by atoms with van der Waals surface area (Å²) in [6, 6.07) is 2.31. The molecule has 0 aliphatic heterocycles. The minimum atomic E-state index is 0.248. The summed E-state index contributed by atoms with van der Waals surface area (Å²) in [4.78, 5) is 0. The molecule has 0 amide bonds. The van der Waals surface area contributed by atoms with Gasteiger partial charge in [0.15, 0.2) is 0 Å². The van der Waals surface area contributed by atoms with Crippen LogP contribution in [-0.4, -0.2) is 0 Å². The Hall–Kier alpha value is -0.510. The molecule has 0 aliphatic carbocycles. The van der Waals surface area contributed by atoms with E-state index >= 15 is 0 Å². The van der Waals surface area contributed by atoms with Crippen molar-refractivity contribution in [1.29, 1.82) is 5.26 Å². The van der Waals surface area contributed by atoms with Crippen LogP contribution in [0, 0.1) is 22.7 Å². The van der Waals surface area contributed by atoms with Gasteiger partial charge in [-0.2, -0.15) is 5.26 Å². The van der Waals surface area contributed by atoms with Gasteiger partial charge in [-0.15, -0.1) is 0 Å². The molecule has 12 heavy (non-hydrogen) atoms. The molecule has 2 unspecified atom stereocenters. The molecule has 0 radical (unpaired) electrons. The molecule has 0 spiro atoms. The average molecular weight is 167 g/mol. The molecule has 0 aromatic rings. The first-order chi connectivity index (χ1) is 5.60. The number of rotatable bonds is 5. The minimum Gasteiger partial charge on any atom is -0.198 e. The zero-order valence-corrected chi connectivity index (χ0v) is 8.85. The molecule has 1 heteroatoms. The molecule has 0 heterocycles. The lowest BCUT2D eigenvalue weighted by atomic mass is 9.71. The van der Waals surface area contributed by atoms with Gasteiger partial charge >= 0.3 is 0 Å². The minimum absolute atomic E-state index is 0.248. The summed E-state index contributed by atoms with van der Waals surface area (Å²) < 4.78 is 0. The first-order valence-electron chi connectivity index (χ1n) is 4.97. The molecule has 1 nitrogen and oxygen atoms in total. The fourth-order valence-corrected chi connectivity index (χ4v) is 1.75. The van der Waals surface area contributed by atoms with Crippen LogP contribution in [0.1, 0.15) is 53.4 Å². The number of nitrogens with zero attached hydrogens (tertiary/aromatic N) is 1. The molecular formula is C11H21N. The fourth-order valence-electron chi connectivity index (χ4n) is 1.75. The molecule has 0 bridgehead atoms. The van der Waals surface area contributed by atoms with E-state index in [2.05, 4.69) is 33.8 Å². The van der Waals surface area contributed by atoms with Crippen LogP contribution in [0.4, 0.5) is 0 Å². The Balaban J connectivity index is 4.28. The van der Waals surface area contributed by atoms with Crippen LogP contribution in [0.3, 0.4) is 0 Å². The largest absolute Gasteiger partial charge is 0.198 e. The molecule has 0 fully saturated rings. The second kappa shape index (κ2) is 5.19. The maximum absolute atomic E-state index is 8.72. The fraction of sp³-hybridized carbons (Fsp3) is 0.909. The third-order valence-electron chi connectivity index (χ3n) is 3.11. The summed E-state index contributed by atoms with van der Waals surface area (Å²) in [6.45, 7) is 8.90. The van der Waals surface area contributed by atoms with Crippen molar-refractivity contribution < 1.29 is 0 Å². The lowest BCUT2D eigenvalue weighted by molar-refractivity contribution is 0.182. The van der Waals surface area contributed by atoms with E-state index < -0.39 is 0 Å². The third-order valence-corrected chi connectivity index (χ3v) is 3.11. The monoisotopic (exact) mass is 167 g/mol. The number of hydrogen-bond acceptors (Lipinski definition) is 1. The van der Waals surface area contributed by atoms with E-state index in [1.165, 1.54) is 19.3 Å². The summed E-state index contributed by atoms with van der Waals surface area (Å²) in [6.07, 6.45) is 4.24. The summed E-state index contributed by atoms with van der Waals surface area (Å²) >= 11 is 0. The highest BCUT2D eigenvalue weighted by Gasteiger charge is 2.28. The van der Waals surface area contributed by atoms with Crippen molar-refractivity contribution in [2.45, 2.75) is 53.4 Å². The highest BCUT2D eigenvalue weighted by Crippen LogP contribution is 2.37. The molecule has 70 valence electrons. The van der Waals surface area contributed by atoms with E-state index in [0.717, 1.165) is 0 Å². The number of nitriles is 1.